The van der Waals surface area contributed by atoms with Crippen LogP contribution in [0.1, 0.15) is 105 Å². The summed E-state index contributed by atoms with van der Waals surface area (Å²) in [6.07, 6.45) is 24.8. The molecule has 0 amide bonds. The molecule has 0 nitrogen and oxygen atoms in total. The quantitative estimate of drug-likeness (QED) is 0.330. The van der Waals surface area contributed by atoms with Gasteiger partial charge in [0, 0.05) is 0 Å². The van der Waals surface area contributed by atoms with E-state index in [0.717, 1.165) is 0 Å². The predicted molar refractivity (Wildman–Crippen MR) is 119 cm³/mol. The Bertz CT molecular complexity index is 184. The standard InChI is InChI=1S/C7H12.C5H10.C4H6.2C3H8.C2H4/c1-2-4-6-7-5-3-1;1-2-4-5-3-1;1-3-4-2;2*1-3-2;1-2/h1-2H,3-7H2;1-5H2;3-4H,1-2H2;2*3H2,1-2H3;1-2H2. The molecule has 2 aliphatic rings. The Kier molecular flexibility index (Phi) is 55.3. The third-order valence-corrected chi connectivity index (χ3v) is 2.82. The van der Waals surface area contributed by atoms with Crippen LogP contribution in [0.4, 0.5) is 0 Å². The molecule has 0 aromatic carbocycles. The van der Waals surface area contributed by atoms with Crippen LogP contribution in [-0.4, -0.2) is 0 Å². The lowest BCUT2D eigenvalue weighted by atomic mass is 10.2. The van der Waals surface area contributed by atoms with E-state index >= 15 is 0 Å². The highest BCUT2D eigenvalue weighted by molar-refractivity contribution is 4.88. The second kappa shape index (κ2) is 43.1. The smallest absolute Gasteiger partial charge is 0.0351 e. The highest BCUT2D eigenvalue weighted by atomic mass is 14.0. The SMILES string of the molecule is C1=CCCCCC1.C1CCCC1.C=C.C=CC=C.CCC.CCC. The number of rotatable bonds is 1. The molecular weight excluding hydrogens is 288 g/mol. The van der Waals surface area contributed by atoms with Gasteiger partial charge >= 0.3 is 0 Å². The van der Waals surface area contributed by atoms with E-state index in [1.807, 2.05) is 0 Å². The van der Waals surface area contributed by atoms with Gasteiger partial charge in [0.15, 0.2) is 0 Å². The lowest BCUT2D eigenvalue weighted by molar-refractivity contribution is 0.718. The van der Waals surface area contributed by atoms with Gasteiger partial charge in [-0.15, -0.1) is 13.2 Å². The molecule has 0 heteroatoms. The number of allylic oxidation sites excluding steroid dienone is 4. The fourth-order valence-electron chi connectivity index (χ4n) is 1.82. The number of hydrogen-bond acceptors (Lipinski definition) is 0. The third-order valence-electron chi connectivity index (χ3n) is 2.82. The predicted octanol–water partition coefficient (Wildman–Crippen LogP) is 9.45. The van der Waals surface area contributed by atoms with Crippen LogP contribution in [0.25, 0.3) is 0 Å². The minimum Gasteiger partial charge on any atom is -0.106 e. The van der Waals surface area contributed by atoms with Gasteiger partial charge in [0.1, 0.15) is 0 Å². The average Bonchev–Trinajstić information content (AvgIpc) is 3.06. The molecule has 0 heterocycles. The van der Waals surface area contributed by atoms with Gasteiger partial charge in [0.2, 0.25) is 0 Å². The Morgan fingerprint density at radius 3 is 1.00 bits per heavy atom. The summed E-state index contributed by atoms with van der Waals surface area (Å²) in [5.41, 5.74) is 0. The topological polar surface area (TPSA) is 0 Å². The number of hydrogen-bond donors (Lipinski definition) is 0. The molecule has 2 rings (SSSR count). The van der Waals surface area contributed by atoms with Crippen molar-refractivity contribution in [2.24, 2.45) is 0 Å². The van der Waals surface area contributed by atoms with Gasteiger partial charge in [-0.2, -0.15) is 0 Å². The van der Waals surface area contributed by atoms with E-state index in [1.54, 1.807) is 12.2 Å². The van der Waals surface area contributed by atoms with Gasteiger partial charge < -0.3 is 0 Å². The van der Waals surface area contributed by atoms with Gasteiger partial charge in [-0.25, -0.2) is 0 Å². The molecule has 144 valence electrons. The fourth-order valence-corrected chi connectivity index (χ4v) is 1.82. The van der Waals surface area contributed by atoms with Crippen LogP contribution < -0.4 is 0 Å². The molecular formula is C24H48. The Balaban J connectivity index is -0.000000106. The zero-order chi connectivity index (χ0) is 19.3. The second-order valence-electron chi connectivity index (χ2n) is 5.76. The van der Waals surface area contributed by atoms with E-state index in [-0.39, 0.29) is 0 Å². The summed E-state index contributed by atoms with van der Waals surface area (Å²) >= 11 is 0. The zero-order valence-electron chi connectivity index (χ0n) is 17.6. The van der Waals surface area contributed by atoms with Crippen molar-refractivity contribution in [3.63, 3.8) is 0 Å². The van der Waals surface area contributed by atoms with E-state index in [4.69, 9.17) is 0 Å². The van der Waals surface area contributed by atoms with Crippen LogP contribution in [0.15, 0.2) is 50.6 Å². The Morgan fingerprint density at radius 2 is 0.792 bits per heavy atom. The summed E-state index contributed by atoms with van der Waals surface area (Å²) in [6, 6.07) is 0. The van der Waals surface area contributed by atoms with Gasteiger partial charge in [-0.3, -0.25) is 0 Å². The van der Waals surface area contributed by atoms with Crippen LogP contribution in [0.2, 0.25) is 0 Å². The minimum atomic E-state index is 1.25. The Hall–Kier alpha value is -1.04. The van der Waals surface area contributed by atoms with Crippen molar-refractivity contribution in [1.82, 2.24) is 0 Å². The molecule has 1 saturated carbocycles. The first-order valence-corrected chi connectivity index (χ1v) is 10.1. The van der Waals surface area contributed by atoms with Crippen molar-refractivity contribution in [2.45, 2.75) is 105 Å². The maximum Gasteiger partial charge on any atom is -0.0351 e. The molecule has 0 spiro atoms. The van der Waals surface area contributed by atoms with Crippen molar-refractivity contribution >= 4 is 0 Å². The van der Waals surface area contributed by atoms with Crippen LogP contribution in [0.5, 0.6) is 0 Å². The van der Waals surface area contributed by atoms with Crippen molar-refractivity contribution < 1.29 is 0 Å². The largest absolute Gasteiger partial charge is 0.106 e. The zero-order valence-corrected chi connectivity index (χ0v) is 17.6. The van der Waals surface area contributed by atoms with Gasteiger partial charge in [-0.1, -0.05) is 117 Å². The maximum absolute atomic E-state index is 3.36. The Labute approximate surface area is 155 Å². The molecule has 0 unspecified atom stereocenters. The molecule has 0 bridgehead atoms. The normalized spacial score (nSPS) is 13.8. The molecule has 0 saturated heterocycles. The summed E-state index contributed by atoms with van der Waals surface area (Å²) in [4.78, 5) is 0. The van der Waals surface area contributed by atoms with Crippen molar-refractivity contribution in [2.75, 3.05) is 0 Å². The van der Waals surface area contributed by atoms with E-state index < -0.39 is 0 Å². The van der Waals surface area contributed by atoms with Crippen LogP contribution in [0, 0.1) is 0 Å². The van der Waals surface area contributed by atoms with Crippen molar-refractivity contribution in [1.29, 1.82) is 0 Å². The highest BCUT2D eigenvalue weighted by Gasteiger charge is 1.95. The molecule has 24 heavy (non-hydrogen) atoms. The molecule has 0 aromatic heterocycles. The van der Waals surface area contributed by atoms with Crippen molar-refractivity contribution in [3.05, 3.63) is 50.6 Å². The van der Waals surface area contributed by atoms with E-state index in [1.165, 1.54) is 77.0 Å². The summed E-state index contributed by atoms with van der Waals surface area (Å²) in [5.74, 6) is 0. The first-order chi connectivity index (χ1) is 11.7. The fraction of sp³-hybridized carbons (Fsp3) is 0.667. The molecule has 0 aliphatic heterocycles. The van der Waals surface area contributed by atoms with Gasteiger partial charge in [0.05, 0.1) is 0 Å². The third kappa shape index (κ3) is 58.4. The van der Waals surface area contributed by atoms with E-state index in [2.05, 4.69) is 66.2 Å². The van der Waals surface area contributed by atoms with Crippen LogP contribution >= 0.6 is 0 Å². The second-order valence-corrected chi connectivity index (χ2v) is 5.76. The van der Waals surface area contributed by atoms with Gasteiger partial charge in [-0.05, 0) is 25.7 Å². The molecule has 2 aliphatic carbocycles. The summed E-state index contributed by atoms with van der Waals surface area (Å²) in [5, 5.41) is 0. The Morgan fingerprint density at radius 1 is 0.583 bits per heavy atom. The first kappa shape index (κ1) is 30.8. The average molecular weight is 337 g/mol. The lowest BCUT2D eigenvalue weighted by Crippen LogP contribution is -1.67. The van der Waals surface area contributed by atoms with Crippen LogP contribution in [0.3, 0.4) is 0 Å². The van der Waals surface area contributed by atoms with Crippen LogP contribution in [-0.2, 0) is 0 Å². The molecule has 0 N–H and O–H groups in total. The molecule has 0 radical (unpaired) electrons. The monoisotopic (exact) mass is 336 g/mol. The summed E-state index contributed by atoms with van der Waals surface area (Å²) in [6.45, 7) is 21.2. The summed E-state index contributed by atoms with van der Waals surface area (Å²) in [7, 11) is 0. The highest BCUT2D eigenvalue weighted by Crippen LogP contribution is 2.15. The lowest BCUT2D eigenvalue weighted by Gasteiger charge is -1.86. The van der Waals surface area contributed by atoms with Gasteiger partial charge in [0.25, 0.3) is 0 Å². The molecule has 1 fully saturated rings. The van der Waals surface area contributed by atoms with E-state index in [0.29, 0.717) is 0 Å². The van der Waals surface area contributed by atoms with E-state index in [9.17, 15) is 0 Å². The molecule has 0 atom stereocenters. The summed E-state index contributed by atoms with van der Waals surface area (Å²) < 4.78 is 0. The molecule has 0 aromatic rings. The maximum atomic E-state index is 3.36. The minimum absolute atomic E-state index is 1.25. The first-order valence-electron chi connectivity index (χ1n) is 10.1. The van der Waals surface area contributed by atoms with Crippen molar-refractivity contribution in [3.8, 4) is 0 Å².